The summed E-state index contributed by atoms with van der Waals surface area (Å²) >= 11 is 1.81. The van der Waals surface area contributed by atoms with Crippen LogP contribution in [-0.2, 0) is 0 Å². The minimum absolute atomic E-state index is 1.25. The van der Waals surface area contributed by atoms with Gasteiger partial charge in [-0.3, -0.25) is 4.98 Å². The maximum Gasteiger partial charge on any atom is 0.0363 e. The highest BCUT2D eigenvalue weighted by atomic mass is 32.1. The fourth-order valence-electron chi connectivity index (χ4n) is 1.30. The summed E-state index contributed by atoms with van der Waals surface area (Å²) in [7, 11) is 0. The van der Waals surface area contributed by atoms with Crippen molar-refractivity contribution in [3.8, 4) is 10.4 Å². The molecule has 66 valence electrons. The van der Waals surface area contributed by atoms with E-state index in [-0.39, 0.29) is 0 Å². The molecule has 0 atom stereocenters. The van der Waals surface area contributed by atoms with Gasteiger partial charge in [-0.2, -0.15) is 0 Å². The molecule has 0 radical (unpaired) electrons. The number of hydrogen-bond donors (Lipinski definition) is 0. The summed E-state index contributed by atoms with van der Waals surface area (Å²) in [5.41, 5.74) is 2.54. The normalized spacial score (nSPS) is 10.3. The van der Waals surface area contributed by atoms with Crippen molar-refractivity contribution < 1.29 is 0 Å². The molecule has 0 aliphatic rings. The van der Waals surface area contributed by atoms with Crippen LogP contribution in [0, 0.1) is 13.8 Å². The van der Waals surface area contributed by atoms with Crippen molar-refractivity contribution in [1.29, 1.82) is 0 Å². The Morgan fingerprint density at radius 1 is 1.15 bits per heavy atom. The second-order valence-corrected chi connectivity index (χ2v) is 4.39. The number of aryl methyl sites for hydroxylation is 2. The first kappa shape index (κ1) is 8.45. The lowest BCUT2D eigenvalue weighted by Crippen LogP contribution is -1.80. The molecule has 2 heteroatoms. The van der Waals surface area contributed by atoms with Crippen LogP contribution >= 0.6 is 11.3 Å². The van der Waals surface area contributed by atoms with E-state index in [9.17, 15) is 0 Å². The molecule has 0 N–H and O–H groups in total. The molecule has 0 aliphatic heterocycles. The van der Waals surface area contributed by atoms with Gasteiger partial charge >= 0.3 is 0 Å². The van der Waals surface area contributed by atoms with E-state index in [0.717, 1.165) is 0 Å². The van der Waals surface area contributed by atoms with E-state index in [4.69, 9.17) is 0 Å². The van der Waals surface area contributed by atoms with Crippen LogP contribution in [0.1, 0.15) is 10.4 Å². The van der Waals surface area contributed by atoms with E-state index in [1.165, 1.54) is 20.9 Å². The molecular weight excluding hydrogens is 178 g/mol. The minimum Gasteiger partial charge on any atom is -0.264 e. The molecule has 0 aromatic carbocycles. The Hall–Kier alpha value is -1.15. The Morgan fingerprint density at radius 2 is 2.00 bits per heavy atom. The van der Waals surface area contributed by atoms with Gasteiger partial charge in [0, 0.05) is 27.7 Å². The van der Waals surface area contributed by atoms with Gasteiger partial charge in [-0.1, -0.05) is 0 Å². The van der Waals surface area contributed by atoms with Crippen molar-refractivity contribution in [3.05, 3.63) is 41.0 Å². The lowest BCUT2D eigenvalue weighted by atomic mass is 10.1. The van der Waals surface area contributed by atoms with Gasteiger partial charge in [0.15, 0.2) is 0 Å². The molecule has 13 heavy (non-hydrogen) atoms. The van der Waals surface area contributed by atoms with Crippen molar-refractivity contribution in [2.75, 3.05) is 0 Å². The van der Waals surface area contributed by atoms with Crippen LogP contribution in [0.4, 0.5) is 0 Å². The van der Waals surface area contributed by atoms with Crippen LogP contribution in [0.25, 0.3) is 10.4 Å². The largest absolute Gasteiger partial charge is 0.264 e. The van der Waals surface area contributed by atoms with Crippen LogP contribution in [0.5, 0.6) is 0 Å². The Labute approximate surface area is 82.1 Å². The highest BCUT2D eigenvalue weighted by Crippen LogP contribution is 2.28. The highest BCUT2D eigenvalue weighted by Gasteiger charge is 2.02. The second kappa shape index (κ2) is 3.30. The summed E-state index contributed by atoms with van der Waals surface area (Å²) in [5.74, 6) is 0. The predicted octanol–water partition coefficient (Wildman–Crippen LogP) is 3.43. The lowest BCUT2D eigenvalue weighted by Gasteiger charge is -2.00. The molecule has 0 fully saturated rings. The van der Waals surface area contributed by atoms with Crippen LogP contribution in [-0.4, -0.2) is 4.98 Å². The van der Waals surface area contributed by atoms with E-state index in [1.807, 2.05) is 29.8 Å². The molecule has 2 aromatic rings. The summed E-state index contributed by atoms with van der Waals surface area (Å²) in [4.78, 5) is 6.79. The third kappa shape index (κ3) is 1.63. The van der Waals surface area contributed by atoms with Gasteiger partial charge in [0.1, 0.15) is 0 Å². The van der Waals surface area contributed by atoms with Crippen LogP contribution in [0.2, 0.25) is 0 Å². The summed E-state index contributed by atoms with van der Waals surface area (Å²) in [6, 6.07) is 6.35. The van der Waals surface area contributed by atoms with E-state index in [2.05, 4.69) is 31.0 Å². The van der Waals surface area contributed by atoms with E-state index in [0.29, 0.717) is 0 Å². The van der Waals surface area contributed by atoms with Crippen LogP contribution in [0.15, 0.2) is 30.6 Å². The average molecular weight is 189 g/mol. The summed E-state index contributed by atoms with van der Waals surface area (Å²) in [6.07, 6.45) is 3.76. The van der Waals surface area contributed by atoms with E-state index >= 15 is 0 Å². The van der Waals surface area contributed by atoms with Crippen LogP contribution < -0.4 is 0 Å². The zero-order valence-corrected chi connectivity index (χ0v) is 8.56. The van der Waals surface area contributed by atoms with Gasteiger partial charge in [0.2, 0.25) is 0 Å². The molecule has 2 heterocycles. The molecule has 0 unspecified atom stereocenters. The SMILES string of the molecule is Cc1ccc(-c2cnccc2C)s1. The average Bonchev–Trinajstić information content (AvgIpc) is 2.53. The fourth-order valence-corrected chi connectivity index (χ4v) is 2.24. The first-order valence-corrected chi connectivity index (χ1v) is 5.06. The lowest BCUT2D eigenvalue weighted by molar-refractivity contribution is 1.29. The topological polar surface area (TPSA) is 12.9 Å². The zero-order chi connectivity index (χ0) is 9.26. The van der Waals surface area contributed by atoms with Gasteiger partial charge in [0.05, 0.1) is 0 Å². The second-order valence-electron chi connectivity index (χ2n) is 3.10. The van der Waals surface area contributed by atoms with Gasteiger partial charge in [-0.25, -0.2) is 0 Å². The minimum atomic E-state index is 1.25. The Kier molecular flexibility index (Phi) is 2.15. The first-order chi connectivity index (χ1) is 6.27. The van der Waals surface area contributed by atoms with Gasteiger partial charge < -0.3 is 0 Å². The number of thiophene rings is 1. The number of rotatable bonds is 1. The molecule has 0 aliphatic carbocycles. The van der Waals surface area contributed by atoms with Crippen molar-refractivity contribution in [1.82, 2.24) is 4.98 Å². The quantitative estimate of drug-likeness (QED) is 0.669. The third-order valence-corrected chi connectivity index (χ3v) is 3.08. The van der Waals surface area contributed by atoms with Crippen molar-refractivity contribution >= 4 is 11.3 Å². The molecule has 1 nitrogen and oxygen atoms in total. The maximum atomic E-state index is 4.14. The Bertz CT molecular complexity index is 418. The van der Waals surface area contributed by atoms with E-state index < -0.39 is 0 Å². The monoisotopic (exact) mass is 189 g/mol. The number of nitrogens with zero attached hydrogens (tertiary/aromatic N) is 1. The molecule has 0 spiro atoms. The summed E-state index contributed by atoms with van der Waals surface area (Å²) in [5, 5.41) is 0. The molecule has 0 saturated carbocycles. The third-order valence-electron chi connectivity index (χ3n) is 2.04. The zero-order valence-electron chi connectivity index (χ0n) is 7.74. The molecular formula is C11H11NS. The van der Waals surface area contributed by atoms with Crippen LogP contribution in [0.3, 0.4) is 0 Å². The maximum absolute atomic E-state index is 4.14. The van der Waals surface area contributed by atoms with Gasteiger partial charge in [-0.15, -0.1) is 11.3 Å². The Balaban J connectivity index is 2.52. The number of pyridine rings is 1. The van der Waals surface area contributed by atoms with E-state index in [1.54, 1.807) is 0 Å². The first-order valence-electron chi connectivity index (χ1n) is 4.25. The fraction of sp³-hybridized carbons (Fsp3) is 0.182. The van der Waals surface area contributed by atoms with Crippen molar-refractivity contribution in [3.63, 3.8) is 0 Å². The number of hydrogen-bond acceptors (Lipinski definition) is 2. The summed E-state index contributed by atoms with van der Waals surface area (Å²) in [6.45, 7) is 4.24. The molecule has 2 aromatic heterocycles. The Morgan fingerprint density at radius 3 is 2.62 bits per heavy atom. The van der Waals surface area contributed by atoms with Gasteiger partial charge in [0.25, 0.3) is 0 Å². The molecule has 0 amide bonds. The predicted molar refractivity (Wildman–Crippen MR) is 57.0 cm³/mol. The standard InChI is InChI=1S/C11H11NS/c1-8-5-6-12-7-10(8)11-4-3-9(2)13-11/h3-7H,1-2H3. The summed E-state index contributed by atoms with van der Waals surface area (Å²) < 4.78 is 0. The molecule has 2 rings (SSSR count). The number of aromatic nitrogens is 1. The van der Waals surface area contributed by atoms with Crippen molar-refractivity contribution in [2.45, 2.75) is 13.8 Å². The van der Waals surface area contributed by atoms with Gasteiger partial charge in [-0.05, 0) is 37.6 Å². The highest BCUT2D eigenvalue weighted by molar-refractivity contribution is 7.15. The molecule has 0 bridgehead atoms. The molecule has 0 saturated heterocycles. The van der Waals surface area contributed by atoms with Crippen molar-refractivity contribution in [2.24, 2.45) is 0 Å². The smallest absolute Gasteiger partial charge is 0.0363 e.